The molecule has 0 unspecified atom stereocenters. The van der Waals surface area contributed by atoms with Gasteiger partial charge in [-0.2, -0.15) is 0 Å². The molecule has 0 aliphatic rings. The summed E-state index contributed by atoms with van der Waals surface area (Å²) >= 11 is 0. The molecule has 0 nitrogen and oxygen atoms in total. The molecule has 4 heavy (non-hydrogen) atoms. The maximum Gasteiger partial charge on any atom is 0 e. The van der Waals surface area contributed by atoms with Crippen molar-refractivity contribution in [1.82, 2.24) is 0 Å². The van der Waals surface area contributed by atoms with Gasteiger partial charge in [0.05, 0.1) is 0 Å². The van der Waals surface area contributed by atoms with Gasteiger partial charge >= 0.3 is 0 Å². The molecule has 0 heterocycles. The Bertz CT molecular complexity index is 8.00. The maximum atomic E-state index is 0. The van der Waals surface area contributed by atoms with E-state index in [1.165, 1.54) is 0 Å². The first kappa shape index (κ1) is 31.6. The fourth-order valence-corrected chi connectivity index (χ4v) is 0. The molecule has 0 aromatic heterocycles. The Labute approximate surface area is 76.8 Å². The van der Waals surface area contributed by atoms with Crippen LogP contribution in [0.15, 0.2) is 0 Å². The van der Waals surface area contributed by atoms with Crippen LogP contribution in [0.5, 0.6) is 0 Å². The van der Waals surface area contributed by atoms with Gasteiger partial charge in [-0.15, -0.1) is 0 Å². The monoisotopic (exact) mass is 341 g/mol. The predicted octanol–water partition coefficient (Wildman–Crippen LogP) is -0.0100. The van der Waals surface area contributed by atoms with Crippen LogP contribution in [0, 0.1) is 0 Å². The van der Waals surface area contributed by atoms with Crippen molar-refractivity contribution in [1.29, 1.82) is 0 Å². The Morgan fingerprint density at radius 2 is 1.00 bits per heavy atom. The smallest absolute Gasteiger partial charge is 0 e. The molecular formula is NiTiVW. The molecule has 0 aromatic rings. The fraction of sp³-hybridized carbons (Fsp3) is 0. The minimum Gasteiger partial charge on any atom is 0 e. The van der Waals surface area contributed by atoms with Crippen molar-refractivity contribution in [3.05, 3.63) is 0 Å². The van der Waals surface area contributed by atoms with Gasteiger partial charge in [0.25, 0.3) is 0 Å². The van der Waals surface area contributed by atoms with Gasteiger partial charge in [-0.1, -0.05) is 0 Å². The average Bonchev–Trinajstić information content (AvgIpc) is 0. The van der Waals surface area contributed by atoms with Crippen molar-refractivity contribution in [3.63, 3.8) is 0 Å². The molecule has 0 aromatic carbocycles. The summed E-state index contributed by atoms with van der Waals surface area (Å²) < 4.78 is 0. The SMILES string of the molecule is [Ni].[Ti].[V].[W]. The minimum atomic E-state index is 0. The van der Waals surface area contributed by atoms with Crippen molar-refractivity contribution in [2.75, 3.05) is 0 Å². The molecule has 4 heteroatoms. The molecule has 0 saturated heterocycles. The number of hydrogen-bond donors (Lipinski definition) is 0. The molecule has 1 radical (unpaired) electrons. The van der Waals surface area contributed by atoms with E-state index in [0.717, 1.165) is 0 Å². The van der Waals surface area contributed by atoms with Crippen LogP contribution in [0.4, 0.5) is 0 Å². The predicted molar refractivity (Wildman–Crippen MR) is 0 cm³/mol. The summed E-state index contributed by atoms with van der Waals surface area (Å²) in [5.74, 6) is 0. The molecule has 0 aliphatic heterocycles. The van der Waals surface area contributed by atoms with E-state index in [2.05, 4.69) is 0 Å². The number of hydrogen-bond acceptors (Lipinski definition) is 0. The summed E-state index contributed by atoms with van der Waals surface area (Å²) in [6.45, 7) is 0. The molecule has 0 fully saturated rings. The van der Waals surface area contributed by atoms with Crippen molar-refractivity contribution < 1.29 is 77.8 Å². The second kappa shape index (κ2) is 17.9. The molecule has 0 N–H and O–H groups in total. The van der Waals surface area contributed by atoms with Gasteiger partial charge in [-0.05, 0) is 0 Å². The Kier molecular flexibility index (Phi) is 141. The van der Waals surface area contributed by atoms with Crippen LogP contribution in [0.25, 0.3) is 0 Å². The summed E-state index contributed by atoms with van der Waals surface area (Å²) in [6.07, 6.45) is 0. The van der Waals surface area contributed by atoms with Crippen molar-refractivity contribution in [2.24, 2.45) is 0 Å². The summed E-state index contributed by atoms with van der Waals surface area (Å²) in [7, 11) is 0. The quantitative estimate of drug-likeness (QED) is 0.544. The van der Waals surface area contributed by atoms with Crippen LogP contribution < -0.4 is 0 Å². The van der Waals surface area contributed by atoms with Gasteiger partial charge in [0, 0.05) is 77.8 Å². The van der Waals surface area contributed by atoms with E-state index in [9.17, 15) is 0 Å². The standard InChI is InChI=1S/Ni.Ti.V.W. The van der Waals surface area contributed by atoms with E-state index in [1.807, 2.05) is 0 Å². The van der Waals surface area contributed by atoms with Gasteiger partial charge in [0.2, 0.25) is 0 Å². The molecule has 0 amide bonds. The summed E-state index contributed by atoms with van der Waals surface area (Å²) in [4.78, 5) is 0. The molecule has 0 saturated carbocycles. The van der Waals surface area contributed by atoms with Crippen LogP contribution in [-0.2, 0) is 77.8 Å². The summed E-state index contributed by atoms with van der Waals surface area (Å²) in [6, 6.07) is 0. The third-order valence-electron chi connectivity index (χ3n) is 0. The molecule has 25 valence electrons. The molecular weight excluding hydrogens is 341 g/mol. The van der Waals surface area contributed by atoms with Crippen LogP contribution in [0.2, 0.25) is 0 Å². The molecule has 0 bridgehead atoms. The zero-order chi connectivity index (χ0) is 0. The Balaban J connectivity index is 0. The van der Waals surface area contributed by atoms with Gasteiger partial charge in [-0.3, -0.25) is 0 Å². The second-order valence-electron chi connectivity index (χ2n) is 0. The van der Waals surface area contributed by atoms with E-state index >= 15 is 0 Å². The van der Waals surface area contributed by atoms with E-state index in [0.29, 0.717) is 0 Å². The average molecular weight is 341 g/mol. The van der Waals surface area contributed by atoms with Gasteiger partial charge in [0.1, 0.15) is 0 Å². The minimum absolute atomic E-state index is 0. The molecule has 0 rings (SSSR count). The van der Waals surface area contributed by atoms with Crippen molar-refractivity contribution >= 4 is 0 Å². The molecule has 0 atom stereocenters. The topological polar surface area (TPSA) is 0 Å². The zero-order valence-corrected chi connectivity index (χ0v) is 8.55. The Hall–Kier alpha value is 2.48. The van der Waals surface area contributed by atoms with Gasteiger partial charge in [0.15, 0.2) is 0 Å². The van der Waals surface area contributed by atoms with E-state index in [1.54, 1.807) is 0 Å². The van der Waals surface area contributed by atoms with Crippen molar-refractivity contribution in [3.8, 4) is 0 Å². The van der Waals surface area contributed by atoms with Crippen LogP contribution in [0.1, 0.15) is 0 Å². The van der Waals surface area contributed by atoms with Crippen LogP contribution >= 0.6 is 0 Å². The summed E-state index contributed by atoms with van der Waals surface area (Å²) in [5.41, 5.74) is 0. The van der Waals surface area contributed by atoms with E-state index in [4.69, 9.17) is 0 Å². The van der Waals surface area contributed by atoms with Crippen LogP contribution in [-0.4, -0.2) is 0 Å². The van der Waals surface area contributed by atoms with Gasteiger partial charge in [-0.25, -0.2) is 0 Å². The molecule has 0 spiro atoms. The van der Waals surface area contributed by atoms with Crippen molar-refractivity contribution in [2.45, 2.75) is 0 Å². The van der Waals surface area contributed by atoms with E-state index in [-0.39, 0.29) is 77.8 Å². The zero-order valence-electron chi connectivity index (χ0n) is 1.67. The first-order valence-corrected chi connectivity index (χ1v) is 0. The fourth-order valence-electron chi connectivity index (χ4n) is 0. The first-order valence-electron chi connectivity index (χ1n) is 0. The summed E-state index contributed by atoms with van der Waals surface area (Å²) in [5, 5.41) is 0. The maximum absolute atomic E-state index is 0. The number of rotatable bonds is 0. The Morgan fingerprint density at radius 1 is 1.00 bits per heavy atom. The Morgan fingerprint density at radius 3 is 1.00 bits per heavy atom. The third kappa shape index (κ3) is 8.82. The first-order chi connectivity index (χ1) is 0. The van der Waals surface area contributed by atoms with E-state index < -0.39 is 0 Å². The van der Waals surface area contributed by atoms with Gasteiger partial charge < -0.3 is 0 Å². The van der Waals surface area contributed by atoms with Crippen LogP contribution in [0.3, 0.4) is 0 Å². The third-order valence-corrected chi connectivity index (χ3v) is 0. The normalized spacial score (nSPS) is 0. The largest absolute Gasteiger partial charge is 0 e. The second-order valence-corrected chi connectivity index (χ2v) is 0. The molecule has 0 aliphatic carbocycles.